The van der Waals surface area contributed by atoms with Crippen molar-refractivity contribution < 1.29 is 14.6 Å². The summed E-state index contributed by atoms with van der Waals surface area (Å²) in [6.45, 7) is 0.286. The Labute approximate surface area is 88.8 Å². The normalized spacial score (nSPS) is 11.3. The molecule has 1 aromatic rings. The minimum absolute atomic E-state index is 0.109. The van der Waals surface area contributed by atoms with Crippen molar-refractivity contribution in [2.75, 3.05) is 20.3 Å². The molecule has 4 heteroatoms. The summed E-state index contributed by atoms with van der Waals surface area (Å²) in [5.74, 6) is -0.273. The standard InChI is InChI=1S/C11H16FNO2/c1-13(11(7-14)8-15)6-9-3-2-4-10(12)5-9/h2-5,11,14-15H,6-8H2,1H3. The van der Waals surface area contributed by atoms with Crippen molar-refractivity contribution in [3.8, 4) is 0 Å². The zero-order valence-electron chi connectivity index (χ0n) is 8.73. The number of aliphatic hydroxyl groups is 2. The van der Waals surface area contributed by atoms with Crippen LogP contribution in [0.1, 0.15) is 5.56 Å². The van der Waals surface area contributed by atoms with Crippen LogP contribution in [-0.4, -0.2) is 41.4 Å². The molecule has 0 saturated heterocycles. The number of benzene rings is 1. The molecule has 0 saturated carbocycles. The van der Waals surface area contributed by atoms with Crippen LogP contribution in [0.3, 0.4) is 0 Å². The summed E-state index contributed by atoms with van der Waals surface area (Å²) in [7, 11) is 1.78. The summed E-state index contributed by atoms with van der Waals surface area (Å²) < 4.78 is 12.9. The Balaban J connectivity index is 2.61. The molecule has 1 aromatic carbocycles. The molecule has 1 rings (SSSR count). The molecule has 0 aromatic heterocycles. The first-order chi connectivity index (χ1) is 7.17. The van der Waals surface area contributed by atoms with Gasteiger partial charge in [0.05, 0.1) is 19.3 Å². The second-order valence-corrected chi connectivity index (χ2v) is 3.56. The minimum atomic E-state index is -0.298. The zero-order chi connectivity index (χ0) is 11.3. The van der Waals surface area contributed by atoms with E-state index in [9.17, 15) is 4.39 Å². The summed E-state index contributed by atoms with van der Waals surface area (Å²) >= 11 is 0. The third-order valence-corrected chi connectivity index (χ3v) is 2.37. The van der Waals surface area contributed by atoms with Crippen molar-refractivity contribution in [3.63, 3.8) is 0 Å². The molecule has 0 bridgehead atoms. The predicted molar refractivity (Wildman–Crippen MR) is 55.8 cm³/mol. The van der Waals surface area contributed by atoms with Crippen LogP contribution in [0.25, 0.3) is 0 Å². The van der Waals surface area contributed by atoms with E-state index >= 15 is 0 Å². The lowest BCUT2D eigenvalue weighted by Gasteiger charge is -2.24. The van der Waals surface area contributed by atoms with Crippen LogP contribution in [-0.2, 0) is 6.54 Å². The summed E-state index contributed by atoms with van der Waals surface area (Å²) in [4.78, 5) is 1.79. The third-order valence-electron chi connectivity index (χ3n) is 2.37. The van der Waals surface area contributed by atoms with E-state index in [1.807, 2.05) is 6.07 Å². The van der Waals surface area contributed by atoms with E-state index in [0.29, 0.717) is 6.54 Å². The van der Waals surface area contributed by atoms with Crippen molar-refractivity contribution in [1.29, 1.82) is 0 Å². The molecule has 3 nitrogen and oxygen atoms in total. The number of nitrogens with zero attached hydrogens (tertiary/aromatic N) is 1. The van der Waals surface area contributed by atoms with Gasteiger partial charge in [0, 0.05) is 6.54 Å². The Bertz CT molecular complexity index is 302. The smallest absolute Gasteiger partial charge is 0.123 e. The van der Waals surface area contributed by atoms with Gasteiger partial charge in [-0.2, -0.15) is 0 Å². The summed E-state index contributed by atoms with van der Waals surface area (Å²) in [6, 6.07) is 5.99. The van der Waals surface area contributed by atoms with Crippen molar-refractivity contribution in [3.05, 3.63) is 35.6 Å². The Hall–Kier alpha value is -0.970. The maximum absolute atomic E-state index is 12.9. The van der Waals surface area contributed by atoms with Gasteiger partial charge in [0.25, 0.3) is 0 Å². The van der Waals surface area contributed by atoms with Crippen LogP contribution in [0.4, 0.5) is 4.39 Å². The number of rotatable bonds is 5. The minimum Gasteiger partial charge on any atom is -0.395 e. The van der Waals surface area contributed by atoms with Gasteiger partial charge in [0.2, 0.25) is 0 Å². The Morgan fingerprint density at radius 3 is 2.53 bits per heavy atom. The molecule has 84 valence electrons. The fourth-order valence-corrected chi connectivity index (χ4v) is 1.39. The highest BCUT2D eigenvalue weighted by molar-refractivity contribution is 5.16. The van der Waals surface area contributed by atoms with E-state index in [1.54, 1.807) is 18.0 Å². The highest BCUT2D eigenvalue weighted by Gasteiger charge is 2.12. The molecule has 0 atom stereocenters. The molecule has 0 aliphatic rings. The molecule has 0 spiro atoms. The maximum Gasteiger partial charge on any atom is 0.123 e. The van der Waals surface area contributed by atoms with E-state index in [-0.39, 0.29) is 25.1 Å². The molecule has 0 amide bonds. The summed E-state index contributed by atoms with van der Waals surface area (Å²) in [5, 5.41) is 17.9. The number of likely N-dealkylation sites (N-methyl/N-ethyl adjacent to an activating group) is 1. The van der Waals surface area contributed by atoms with E-state index in [4.69, 9.17) is 10.2 Å². The lowest BCUT2D eigenvalue weighted by molar-refractivity contribution is 0.0873. The molecule has 2 N–H and O–H groups in total. The van der Waals surface area contributed by atoms with Gasteiger partial charge in [-0.25, -0.2) is 4.39 Å². The molecule has 0 fully saturated rings. The Kier molecular flexibility index (Phi) is 4.68. The van der Waals surface area contributed by atoms with Gasteiger partial charge in [-0.15, -0.1) is 0 Å². The van der Waals surface area contributed by atoms with E-state index in [0.717, 1.165) is 5.56 Å². The average molecular weight is 213 g/mol. The summed E-state index contributed by atoms with van der Waals surface area (Å²) in [6.07, 6.45) is 0. The monoisotopic (exact) mass is 213 g/mol. The van der Waals surface area contributed by atoms with Gasteiger partial charge in [-0.3, -0.25) is 4.90 Å². The second kappa shape index (κ2) is 5.80. The number of halogens is 1. The van der Waals surface area contributed by atoms with Crippen molar-refractivity contribution in [1.82, 2.24) is 4.90 Å². The molecule has 15 heavy (non-hydrogen) atoms. The largest absolute Gasteiger partial charge is 0.395 e. The zero-order valence-corrected chi connectivity index (χ0v) is 8.73. The number of aliphatic hydroxyl groups excluding tert-OH is 2. The molecular weight excluding hydrogens is 197 g/mol. The number of hydrogen-bond acceptors (Lipinski definition) is 3. The van der Waals surface area contributed by atoms with Gasteiger partial charge < -0.3 is 10.2 Å². The Morgan fingerprint density at radius 2 is 2.00 bits per heavy atom. The van der Waals surface area contributed by atoms with Crippen molar-refractivity contribution >= 4 is 0 Å². The van der Waals surface area contributed by atoms with E-state index < -0.39 is 0 Å². The lowest BCUT2D eigenvalue weighted by Crippen LogP contribution is -2.37. The van der Waals surface area contributed by atoms with Gasteiger partial charge in [0.15, 0.2) is 0 Å². The fraction of sp³-hybridized carbons (Fsp3) is 0.455. The molecule has 0 unspecified atom stereocenters. The van der Waals surface area contributed by atoms with Gasteiger partial charge in [-0.05, 0) is 24.7 Å². The predicted octanol–water partition coefficient (Wildman–Crippen LogP) is 0.611. The maximum atomic E-state index is 12.9. The quantitative estimate of drug-likeness (QED) is 0.753. The van der Waals surface area contributed by atoms with Gasteiger partial charge >= 0.3 is 0 Å². The van der Waals surface area contributed by atoms with Gasteiger partial charge in [0.1, 0.15) is 5.82 Å². The highest BCUT2D eigenvalue weighted by atomic mass is 19.1. The topological polar surface area (TPSA) is 43.7 Å². The molecule has 0 aliphatic carbocycles. The molecule has 0 heterocycles. The average Bonchev–Trinajstić information content (AvgIpc) is 2.19. The van der Waals surface area contributed by atoms with Crippen LogP contribution in [0, 0.1) is 5.82 Å². The first-order valence-corrected chi connectivity index (χ1v) is 4.83. The SMILES string of the molecule is CN(Cc1cccc(F)c1)C(CO)CO. The molecule has 0 radical (unpaired) electrons. The van der Waals surface area contributed by atoms with Gasteiger partial charge in [-0.1, -0.05) is 12.1 Å². The molecule has 0 aliphatic heterocycles. The van der Waals surface area contributed by atoms with Crippen LogP contribution in [0.5, 0.6) is 0 Å². The van der Waals surface area contributed by atoms with E-state index in [1.165, 1.54) is 12.1 Å². The first kappa shape index (κ1) is 12.1. The lowest BCUT2D eigenvalue weighted by atomic mass is 10.2. The van der Waals surface area contributed by atoms with Crippen LogP contribution in [0.15, 0.2) is 24.3 Å². The summed E-state index contributed by atoms with van der Waals surface area (Å²) in [5.41, 5.74) is 0.824. The second-order valence-electron chi connectivity index (χ2n) is 3.56. The Morgan fingerprint density at radius 1 is 1.33 bits per heavy atom. The van der Waals surface area contributed by atoms with Crippen LogP contribution >= 0.6 is 0 Å². The fourth-order valence-electron chi connectivity index (χ4n) is 1.39. The van der Waals surface area contributed by atoms with Crippen molar-refractivity contribution in [2.24, 2.45) is 0 Å². The number of hydrogen-bond donors (Lipinski definition) is 2. The van der Waals surface area contributed by atoms with Crippen LogP contribution in [0.2, 0.25) is 0 Å². The first-order valence-electron chi connectivity index (χ1n) is 4.83. The molecular formula is C11H16FNO2. The van der Waals surface area contributed by atoms with E-state index in [2.05, 4.69) is 0 Å². The third kappa shape index (κ3) is 3.58. The van der Waals surface area contributed by atoms with Crippen LogP contribution < -0.4 is 0 Å². The van der Waals surface area contributed by atoms with Crippen molar-refractivity contribution in [2.45, 2.75) is 12.6 Å². The highest BCUT2D eigenvalue weighted by Crippen LogP contribution is 2.08.